The highest BCUT2D eigenvalue weighted by atomic mass is 31.2. The van der Waals surface area contributed by atoms with E-state index in [4.69, 9.17) is 18.5 Å². The van der Waals surface area contributed by atoms with Crippen LogP contribution in [0.4, 0.5) is 0 Å². The summed E-state index contributed by atoms with van der Waals surface area (Å²) >= 11 is 0. The van der Waals surface area contributed by atoms with Crippen LogP contribution in [-0.2, 0) is 27.9 Å². The summed E-state index contributed by atoms with van der Waals surface area (Å²) < 4.78 is 34.8. The summed E-state index contributed by atoms with van der Waals surface area (Å²) in [5.74, 6) is -0.326. The number of ether oxygens (including phenoxy) is 2. The van der Waals surface area contributed by atoms with Gasteiger partial charge >= 0.3 is 5.97 Å². The Morgan fingerprint density at radius 2 is 0.754 bits per heavy atom. The number of carbonyl (C=O) groups is 1. The first-order valence-electron chi connectivity index (χ1n) is 26.8. The third kappa shape index (κ3) is 50.4. The topological polar surface area (TPSA) is 94.1 Å². The number of nitrogens with zero attached hydrogens (tertiary/aromatic N) is 1. The molecule has 0 aliphatic rings. The quantitative estimate of drug-likeness (QED) is 0.0260. The Hall–Kier alpha value is -0.500. The van der Waals surface area contributed by atoms with Crippen molar-refractivity contribution in [3.05, 3.63) is 0 Å². The van der Waals surface area contributed by atoms with Gasteiger partial charge < -0.3 is 27.9 Å². The Balaban J connectivity index is 4.01. The maximum absolute atomic E-state index is 12.7. The maximum Gasteiger partial charge on any atom is 0.306 e. The zero-order chi connectivity index (χ0) is 44.8. The second kappa shape index (κ2) is 46.0. The summed E-state index contributed by atoms with van der Waals surface area (Å²) in [5, 5.41) is 0. The first-order valence-corrected chi connectivity index (χ1v) is 28.2. The van der Waals surface area contributed by atoms with E-state index < -0.39 is 13.9 Å². The Morgan fingerprint density at radius 1 is 0.443 bits per heavy atom. The SMILES string of the molecule is CCCCCCCCCCCCCCCCCCCCCCCCCCOCC(COP(=O)([O-])OCC[N+](C)(C)C)OC(=O)CCCCCCCCCCCCCCCCC. The van der Waals surface area contributed by atoms with Crippen LogP contribution in [0.5, 0.6) is 0 Å². The minimum absolute atomic E-state index is 0.0317. The van der Waals surface area contributed by atoms with Gasteiger partial charge in [0.25, 0.3) is 7.82 Å². The van der Waals surface area contributed by atoms with Crippen LogP contribution in [0.1, 0.15) is 271 Å². The van der Waals surface area contributed by atoms with Crippen LogP contribution in [0, 0.1) is 0 Å². The molecule has 0 aromatic rings. The number of esters is 1. The van der Waals surface area contributed by atoms with Crippen molar-refractivity contribution < 1.29 is 37.3 Å². The average molecular weight is 888 g/mol. The zero-order valence-electron chi connectivity index (χ0n) is 41.6. The Kier molecular flexibility index (Phi) is 45.7. The minimum Gasteiger partial charge on any atom is -0.756 e. The minimum atomic E-state index is -4.52. The first kappa shape index (κ1) is 60.5. The second-order valence-corrected chi connectivity index (χ2v) is 21.0. The molecule has 8 nitrogen and oxygen atoms in total. The predicted octanol–water partition coefficient (Wildman–Crippen LogP) is 15.8. The van der Waals surface area contributed by atoms with Crippen LogP contribution in [0.25, 0.3) is 0 Å². The molecule has 0 fully saturated rings. The molecule has 0 rings (SSSR count). The monoisotopic (exact) mass is 888 g/mol. The van der Waals surface area contributed by atoms with E-state index in [1.54, 1.807) is 0 Å². The standard InChI is InChI=1S/C52H106NO7P/c1-6-8-10-12-14-16-18-20-22-23-24-25-26-27-28-29-30-32-34-36-38-40-42-44-47-57-49-51(50-59-61(55,56)58-48-46-53(3,4)5)60-52(54)45-43-41-39-37-35-33-31-21-19-17-15-13-11-9-7-2/h51H,6-50H2,1-5H3. The number of likely N-dealkylation sites (N-methyl/N-ethyl adjacent to an activating group) is 1. The summed E-state index contributed by atoms with van der Waals surface area (Å²) in [5.41, 5.74) is 0. The number of carbonyl (C=O) groups excluding carboxylic acids is 1. The molecular formula is C52H106NO7P. The van der Waals surface area contributed by atoms with E-state index in [2.05, 4.69) is 13.8 Å². The van der Waals surface area contributed by atoms with Gasteiger partial charge in [-0.2, -0.15) is 0 Å². The van der Waals surface area contributed by atoms with Crippen molar-refractivity contribution >= 4 is 13.8 Å². The number of quaternary nitrogens is 1. The molecule has 0 bridgehead atoms. The Labute approximate surface area is 380 Å². The van der Waals surface area contributed by atoms with Crippen molar-refractivity contribution in [2.24, 2.45) is 0 Å². The van der Waals surface area contributed by atoms with Crippen molar-refractivity contribution in [1.82, 2.24) is 0 Å². The normalized spacial score (nSPS) is 13.5. The van der Waals surface area contributed by atoms with Crippen molar-refractivity contribution in [3.8, 4) is 0 Å². The van der Waals surface area contributed by atoms with Crippen molar-refractivity contribution in [3.63, 3.8) is 0 Å². The molecule has 0 heterocycles. The molecule has 0 aliphatic carbocycles. The van der Waals surface area contributed by atoms with Crippen molar-refractivity contribution in [2.45, 2.75) is 277 Å². The van der Waals surface area contributed by atoms with E-state index in [-0.39, 0.29) is 25.8 Å². The second-order valence-electron chi connectivity index (χ2n) is 19.6. The van der Waals surface area contributed by atoms with Crippen LogP contribution in [0.15, 0.2) is 0 Å². The number of unbranched alkanes of at least 4 members (excludes halogenated alkanes) is 37. The van der Waals surface area contributed by atoms with Gasteiger partial charge in [0.05, 0.1) is 34.4 Å². The zero-order valence-corrected chi connectivity index (χ0v) is 42.5. The van der Waals surface area contributed by atoms with Gasteiger partial charge in [0.2, 0.25) is 0 Å². The van der Waals surface area contributed by atoms with Crippen molar-refractivity contribution in [2.75, 3.05) is 54.1 Å². The van der Waals surface area contributed by atoms with E-state index in [1.807, 2.05) is 21.1 Å². The van der Waals surface area contributed by atoms with E-state index in [0.29, 0.717) is 24.1 Å². The van der Waals surface area contributed by atoms with E-state index in [9.17, 15) is 14.3 Å². The molecule has 2 unspecified atom stereocenters. The molecule has 0 saturated heterocycles. The van der Waals surface area contributed by atoms with Gasteiger partial charge in [0.1, 0.15) is 19.3 Å². The van der Waals surface area contributed by atoms with Crippen LogP contribution < -0.4 is 4.89 Å². The first-order chi connectivity index (χ1) is 29.6. The fourth-order valence-electron chi connectivity index (χ4n) is 8.02. The number of hydrogen-bond acceptors (Lipinski definition) is 7. The lowest BCUT2D eigenvalue weighted by molar-refractivity contribution is -0.870. The van der Waals surface area contributed by atoms with Gasteiger partial charge in [-0.15, -0.1) is 0 Å². The molecule has 61 heavy (non-hydrogen) atoms. The third-order valence-electron chi connectivity index (χ3n) is 12.2. The Bertz CT molecular complexity index is 945. The fraction of sp³-hybridized carbons (Fsp3) is 0.981. The maximum atomic E-state index is 12.7. The van der Waals surface area contributed by atoms with Crippen molar-refractivity contribution in [1.29, 1.82) is 0 Å². The van der Waals surface area contributed by atoms with Gasteiger partial charge in [-0.25, -0.2) is 0 Å². The molecule has 0 N–H and O–H groups in total. The molecule has 0 saturated carbocycles. The lowest BCUT2D eigenvalue weighted by atomic mass is 10.0. The van der Waals surface area contributed by atoms with Gasteiger partial charge in [0, 0.05) is 13.0 Å². The summed E-state index contributed by atoms with van der Waals surface area (Å²) in [7, 11) is 1.38. The lowest BCUT2D eigenvalue weighted by Crippen LogP contribution is -2.37. The van der Waals surface area contributed by atoms with Crippen LogP contribution >= 0.6 is 7.82 Å². The molecule has 366 valence electrons. The molecule has 9 heteroatoms. The number of hydrogen-bond donors (Lipinski definition) is 0. The third-order valence-corrected chi connectivity index (χ3v) is 13.1. The number of phosphoric acid groups is 1. The van der Waals surface area contributed by atoms with Crippen LogP contribution in [0.2, 0.25) is 0 Å². The van der Waals surface area contributed by atoms with Gasteiger partial charge in [-0.05, 0) is 12.8 Å². The molecule has 0 radical (unpaired) electrons. The van der Waals surface area contributed by atoms with Crippen LogP contribution in [0.3, 0.4) is 0 Å². The molecule has 0 aliphatic heterocycles. The van der Waals surface area contributed by atoms with Gasteiger partial charge in [-0.3, -0.25) is 9.36 Å². The summed E-state index contributed by atoms with van der Waals surface area (Å²) in [4.78, 5) is 25.2. The summed E-state index contributed by atoms with van der Waals surface area (Å²) in [6.45, 7) is 5.49. The number of rotatable bonds is 51. The Morgan fingerprint density at radius 3 is 1.08 bits per heavy atom. The highest BCUT2D eigenvalue weighted by Gasteiger charge is 2.20. The molecule has 0 aromatic heterocycles. The number of phosphoric ester groups is 1. The largest absolute Gasteiger partial charge is 0.756 e. The molecule has 2 atom stereocenters. The smallest absolute Gasteiger partial charge is 0.306 e. The summed E-state index contributed by atoms with van der Waals surface area (Å²) in [6, 6.07) is 0. The van der Waals surface area contributed by atoms with Crippen LogP contribution in [-0.4, -0.2) is 70.7 Å². The van der Waals surface area contributed by atoms with Gasteiger partial charge in [-0.1, -0.05) is 251 Å². The van der Waals surface area contributed by atoms with E-state index >= 15 is 0 Å². The highest BCUT2D eigenvalue weighted by Crippen LogP contribution is 2.38. The lowest BCUT2D eigenvalue weighted by Gasteiger charge is -2.28. The molecule has 0 aromatic carbocycles. The fourth-order valence-corrected chi connectivity index (χ4v) is 8.75. The predicted molar refractivity (Wildman–Crippen MR) is 259 cm³/mol. The van der Waals surface area contributed by atoms with E-state index in [1.165, 1.54) is 218 Å². The molecular weight excluding hydrogens is 782 g/mol. The molecule has 0 spiro atoms. The van der Waals surface area contributed by atoms with Gasteiger partial charge in [0.15, 0.2) is 0 Å². The molecule has 0 amide bonds. The van der Waals surface area contributed by atoms with E-state index in [0.717, 1.165) is 32.1 Å². The average Bonchev–Trinajstić information content (AvgIpc) is 3.22. The summed E-state index contributed by atoms with van der Waals surface area (Å²) in [6.07, 6.45) is 51.3. The highest BCUT2D eigenvalue weighted by molar-refractivity contribution is 7.45.